The molecule has 2 rings (SSSR count). The standard InChI is InChI=1S/C14H14N2O2/c1-10-4-2-5-12-11(10)6-7-13(16-12)14(18)15-8-3-9-17/h2,4-7,9H,3,8H2,1H3,(H,15,18). The van der Waals surface area contributed by atoms with Crippen molar-refractivity contribution in [2.24, 2.45) is 0 Å². The van der Waals surface area contributed by atoms with Crippen LogP contribution in [0.2, 0.25) is 0 Å². The van der Waals surface area contributed by atoms with Gasteiger partial charge in [0, 0.05) is 18.4 Å². The lowest BCUT2D eigenvalue weighted by molar-refractivity contribution is -0.107. The quantitative estimate of drug-likeness (QED) is 0.657. The van der Waals surface area contributed by atoms with Crippen LogP contribution in [-0.2, 0) is 4.79 Å². The molecule has 0 unspecified atom stereocenters. The Bertz CT molecular complexity index is 593. The SMILES string of the molecule is Cc1cccc2nc(C(=O)NCCC=O)ccc12. The number of aromatic nitrogens is 1. The molecule has 0 bridgehead atoms. The van der Waals surface area contributed by atoms with Crippen LogP contribution in [0.15, 0.2) is 30.3 Å². The molecule has 0 aliphatic heterocycles. The summed E-state index contributed by atoms with van der Waals surface area (Å²) in [6.07, 6.45) is 1.09. The molecule has 1 amide bonds. The third kappa shape index (κ3) is 2.53. The summed E-state index contributed by atoms with van der Waals surface area (Å²) in [5.74, 6) is -0.250. The number of amides is 1. The average Bonchev–Trinajstić information content (AvgIpc) is 2.39. The number of carbonyl (C=O) groups excluding carboxylic acids is 2. The maximum absolute atomic E-state index is 11.8. The van der Waals surface area contributed by atoms with Gasteiger partial charge in [-0.15, -0.1) is 0 Å². The number of hydrogen-bond donors (Lipinski definition) is 1. The number of carbonyl (C=O) groups is 2. The molecule has 4 nitrogen and oxygen atoms in total. The van der Waals surface area contributed by atoms with E-state index >= 15 is 0 Å². The summed E-state index contributed by atoms with van der Waals surface area (Å²) in [6, 6.07) is 9.40. The van der Waals surface area contributed by atoms with E-state index in [1.807, 2.05) is 31.2 Å². The molecule has 1 N–H and O–H groups in total. The molecule has 0 aliphatic rings. The molecule has 0 atom stereocenters. The van der Waals surface area contributed by atoms with Gasteiger partial charge in [-0.25, -0.2) is 4.98 Å². The zero-order valence-corrected chi connectivity index (χ0v) is 10.1. The van der Waals surface area contributed by atoms with Crippen molar-refractivity contribution in [2.45, 2.75) is 13.3 Å². The average molecular weight is 242 g/mol. The molecule has 0 radical (unpaired) electrons. The third-order valence-electron chi connectivity index (χ3n) is 2.73. The summed E-state index contributed by atoms with van der Waals surface area (Å²) in [6.45, 7) is 2.35. The monoisotopic (exact) mass is 242 g/mol. The van der Waals surface area contributed by atoms with E-state index in [2.05, 4.69) is 10.3 Å². The second kappa shape index (κ2) is 5.40. The van der Waals surface area contributed by atoms with Gasteiger partial charge in [-0.2, -0.15) is 0 Å². The van der Waals surface area contributed by atoms with Gasteiger partial charge in [0.15, 0.2) is 0 Å². The van der Waals surface area contributed by atoms with Crippen LogP contribution in [0.5, 0.6) is 0 Å². The number of fused-ring (bicyclic) bond motifs is 1. The van der Waals surface area contributed by atoms with Gasteiger partial charge in [-0.3, -0.25) is 4.79 Å². The minimum atomic E-state index is -0.250. The third-order valence-corrected chi connectivity index (χ3v) is 2.73. The number of hydrogen-bond acceptors (Lipinski definition) is 3. The maximum atomic E-state index is 11.8. The van der Waals surface area contributed by atoms with Crippen LogP contribution in [0.1, 0.15) is 22.5 Å². The summed E-state index contributed by atoms with van der Waals surface area (Å²) >= 11 is 0. The fourth-order valence-corrected chi connectivity index (χ4v) is 1.77. The predicted molar refractivity (Wildman–Crippen MR) is 69.5 cm³/mol. The van der Waals surface area contributed by atoms with Gasteiger partial charge in [0.1, 0.15) is 12.0 Å². The Hall–Kier alpha value is -2.23. The van der Waals surface area contributed by atoms with Crippen LogP contribution in [0, 0.1) is 6.92 Å². The topological polar surface area (TPSA) is 59.1 Å². The Morgan fingerprint density at radius 3 is 2.94 bits per heavy atom. The summed E-state index contributed by atoms with van der Waals surface area (Å²) in [7, 11) is 0. The van der Waals surface area contributed by atoms with E-state index in [1.165, 1.54) is 0 Å². The van der Waals surface area contributed by atoms with E-state index in [0.29, 0.717) is 18.7 Å². The van der Waals surface area contributed by atoms with Gasteiger partial charge in [0.2, 0.25) is 0 Å². The lowest BCUT2D eigenvalue weighted by Crippen LogP contribution is -2.25. The van der Waals surface area contributed by atoms with Crippen molar-refractivity contribution in [2.75, 3.05) is 6.54 Å². The van der Waals surface area contributed by atoms with E-state index in [1.54, 1.807) is 6.07 Å². The molecule has 18 heavy (non-hydrogen) atoms. The minimum absolute atomic E-state index is 0.250. The molecule has 0 fully saturated rings. The molecule has 0 spiro atoms. The number of nitrogens with one attached hydrogen (secondary N) is 1. The van der Waals surface area contributed by atoms with Crippen molar-refractivity contribution in [1.29, 1.82) is 0 Å². The first kappa shape index (κ1) is 12.2. The molecule has 0 saturated heterocycles. The first-order valence-electron chi connectivity index (χ1n) is 5.80. The van der Waals surface area contributed by atoms with Gasteiger partial charge in [0.05, 0.1) is 5.52 Å². The van der Waals surface area contributed by atoms with E-state index in [9.17, 15) is 9.59 Å². The van der Waals surface area contributed by atoms with Crippen LogP contribution in [-0.4, -0.2) is 23.7 Å². The summed E-state index contributed by atoms with van der Waals surface area (Å²) < 4.78 is 0. The first-order chi connectivity index (χ1) is 8.72. The summed E-state index contributed by atoms with van der Waals surface area (Å²) in [4.78, 5) is 26.2. The highest BCUT2D eigenvalue weighted by atomic mass is 16.2. The maximum Gasteiger partial charge on any atom is 0.269 e. The Morgan fingerprint density at radius 1 is 1.33 bits per heavy atom. The smallest absolute Gasteiger partial charge is 0.269 e. The fraction of sp³-hybridized carbons (Fsp3) is 0.214. The summed E-state index contributed by atoms with van der Waals surface area (Å²) in [5, 5.41) is 3.69. The minimum Gasteiger partial charge on any atom is -0.350 e. The molecule has 1 heterocycles. The highest BCUT2D eigenvalue weighted by Gasteiger charge is 2.07. The number of aldehydes is 1. The predicted octanol–water partition coefficient (Wildman–Crippen LogP) is 1.86. The molecular weight excluding hydrogens is 228 g/mol. The largest absolute Gasteiger partial charge is 0.350 e. The second-order valence-corrected chi connectivity index (χ2v) is 4.05. The second-order valence-electron chi connectivity index (χ2n) is 4.05. The Labute approximate surface area is 105 Å². The lowest BCUT2D eigenvalue weighted by Gasteiger charge is -2.05. The van der Waals surface area contributed by atoms with Gasteiger partial charge >= 0.3 is 0 Å². The Balaban J connectivity index is 2.24. The van der Waals surface area contributed by atoms with Crippen LogP contribution in [0.25, 0.3) is 10.9 Å². The van der Waals surface area contributed by atoms with Crippen molar-refractivity contribution in [1.82, 2.24) is 10.3 Å². The van der Waals surface area contributed by atoms with Gasteiger partial charge in [0.25, 0.3) is 5.91 Å². The molecule has 0 aliphatic carbocycles. The molecule has 1 aromatic carbocycles. The van der Waals surface area contributed by atoms with E-state index in [-0.39, 0.29) is 5.91 Å². The van der Waals surface area contributed by atoms with Crippen LogP contribution >= 0.6 is 0 Å². The van der Waals surface area contributed by atoms with Gasteiger partial charge in [-0.1, -0.05) is 18.2 Å². The molecule has 1 aromatic heterocycles. The number of nitrogens with zero attached hydrogens (tertiary/aromatic N) is 1. The molecule has 92 valence electrons. The van der Waals surface area contributed by atoms with Gasteiger partial charge in [-0.05, 0) is 24.6 Å². The van der Waals surface area contributed by atoms with E-state index in [4.69, 9.17) is 0 Å². The highest BCUT2D eigenvalue weighted by molar-refractivity contribution is 5.95. The van der Waals surface area contributed by atoms with Crippen LogP contribution in [0.4, 0.5) is 0 Å². The number of aryl methyl sites for hydroxylation is 1. The number of rotatable bonds is 4. The normalized spacial score (nSPS) is 10.3. The van der Waals surface area contributed by atoms with Crippen molar-refractivity contribution < 1.29 is 9.59 Å². The molecule has 4 heteroatoms. The zero-order chi connectivity index (χ0) is 13.0. The molecular formula is C14H14N2O2. The zero-order valence-electron chi connectivity index (χ0n) is 10.1. The Morgan fingerprint density at radius 2 is 2.17 bits per heavy atom. The van der Waals surface area contributed by atoms with Gasteiger partial charge < -0.3 is 10.1 Å². The Kier molecular flexibility index (Phi) is 3.67. The first-order valence-corrected chi connectivity index (χ1v) is 5.80. The molecule has 2 aromatic rings. The van der Waals surface area contributed by atoms with Crippen molar-refractivity contribution in [3.05, 3.63) is 41.6 Å². The fourth-order valence-electron chi connectivity index (χ4n) is 1.77. The number of pyridine rings is 1. The highest BCUT2D eigenvalue weighted by Crippen LogP contribution is 2.16. The summed E-state index contributed by atoms with van der Waals surface area (Å²) in [5.41, 5.74) is 2.31. The van der Waals surface area contributed by atoms with Crippen LogP contribution in [0.3, 0.4) is 0 Å². The lowest BCUT2D eigenvalue weighted by atomic mass is 10.1. The number of benzene rings is 1. The van der Waals surface area contributed by atoms with E-state index in [0.717, 1.165) is 22.8 Å². The molecule has 0 saturated carbocycles. The van der Waals surface area contributed by atoms with Crippen LogP contribution < -0.4 is 5.32 Å². The van der Waals surface area contributed by atoms with Crippen molar-refractivity contribution >= 4 is 23.1 Å². The van der Waals surface area contributed by atoms with Crippen molar-refractivity contribution in [3.63, 3.8) is 0 Å². The van der Waals surface area contributed by atoms with Crippen molar-refractivity contribution in [3.8, 4) is 0 Å². The van der Waals surface area contributed by atoms with E-state index < -0.39 is 0 Å².